The third kappa shape index (κ3) is 2.53. The van der Waals surface area contributed by atoms with Crippen molar-refractivity contribution in [3.05, 3.63) is 33.8 Å². The first kappa shape index (κ1) is 12.2. The summed E-state index contributed by atoms with van der Waals surface area (Å²) in [5.74, 6) is 1.53. The quantitative estimate of drug-likeness (QED) is 0.866. The smallest absolute Gasteiger partial charge is 0.0452 e. The van der Waals surface area contributed by atoms with Gasteiger partial charge in [-0.1, -0.05) is 29.3 Å². The van der Waals surface area contributed by atoms with Gasteiger partial charge in [-0.3, -0.25) is 0 Å². The highest BCUT2D eigenvalue weighted by atomic mass is 35.5. The monoisotopic (exact) mass is 257 g/mol. The van der Waals surface area contributed by atoms with Crippen molar-refractivity contribution in [2.24, 2.45) is 11.8 Å². The van der Waals surface area contributed by atoms with E-state index in [4.69, 9.17) is 23.2 Å². The molecule has 1 nitrogen and oxygen atoms in total. The number of benzene rings is 1. The van der Waals surface area contributed by atoms with E-state index in [1.807, 2.05) is 25.2 Å². The van der Waals surface area contributed by atoms with Crippen LogP contribution in [0.25, 0.3) is 0 Å². The van der Waals surface area contributed by atoms with Gasteiger partial charge in [0.05, 0.1) is 0 Å². The van der Waals surface area contributed by atoms with Crippen LogP contribution in [0.4, 0.5) is 0 Å². The second-order valence-corrected chi connectivity index (χ2v) is 5.37. The maximum absolute atomic E-state index is 6.18. The van der Waals surface area contributed by atoms with Crippen molar-refractivity contribution >= 4 is 23.2 Å². The lowest BCUT2D eigenvalue weighted by Gasteiger charge is -2.37. The second-order valence-electron chi connectivity index (χ2n) is 4.56. The molecule has 0 saturated heterocycles. The number of halogens is 2. The summed E-state index contributed by atoms with van der Waals surface area (Å²) in [5.41, 5.74) is 1.12. The van der Waals surface area contributed by atoms with Gasteiger partial charge in [0.2, 0.25) is 0 Å². The molecule has 0 aliphatic heterocycles. The van der Waals surface area contributed by atoms with Crippen LogP contribution < -0.4 is 5.32 Å². The molecule has 16 heavy (non-hydrogen) atoms. The molecule has 3 heteroatoms. The van der Waals surface area contributed by atoms with Gasteiger partial charge in [0.1, 0.15) is 0 Å². The molecule has 0 radical (unpaired) electrons. The summed E-state index contributed by atoms with van der Waals surface area (Å²) in [4.78, 5) is 0. The Morgan fingerprint density at radius 3 is 2.31 bits per heavy atom. The van der Waals surface area contributed by atoms with Crippen molar-refractivity contribution < 1.29 is 0 Å². The topological polar surface area (TPSA) is 12.0 Å². The molecule has 1 saturated carbocycles. The highest BCUT2D eigenvalue weighted by Gasteiger charge is 2.30. The van der Waals surface area contributed by atoms with Crippen molar-refractivity contribution in [1.82, 2.24) is 5.32 Å². The van der Waals surface area contributed by atoms with Gasteiger partial charge in [-0.2, -0.15) is 0 Å². The largest absolute Gasteiger partial charge is 0.319 e. The molecule has 1 fully saturated rings. The van der Waals surface area contributed by atoms with Crippen LogP contribution in [-0.4, -0.2) is 13.6 Å². The van der Waals surface area contributed by atoms with Crippen LogP contribution in [0.15, 0.2) is 18.2 Å². The molecule has 2 unspecified atom stereocenters. The summed E-state index contributed by atoms with van der Waals surface area (Å²) in [6, 6.07) is 5.75. The predicted octanol–water partition coefficient (Wildman–Crippen LogP) is 3.78. The molecule has 0 amide bonds. The Kier molecular flexibility index (Phi) is 4.12. The lowest BCUT2D eigenvalue weighted by Crippen LogP contribution is -2.35. The van der Waals surface area contributed by atoms with Crippen molar-refractivity contribution in [2.45, 2.75) is 19.3 Å². The molecule has 0 heterocycles. The van der Waals surface area contributed by atoms with E-state index in [0.717, 1.165) is 40.4 Å². The third-order valence-electron chi connectivity index (χ3n) is 3.57. The molecular formula is C13H17Cl2N. The fourth-order valence-electron chi connectivity index (χ4n) is 2.43. The molecular weight excluding hydrogens is 241 g/mol. The summed E-state index contributed by atoms with van der Waals surface area (Å²) < 4.78 is 0. The molecule has 88 valence electrons. The fraction of sp³-hybridized carbons (Fsp3) is 0.538. The Hall–Kier alpha value is -0.240. The average molecular weight is 258 g/mol. The molecule has 1 aromatic rings. The first-order valence-corrected chi connectivity index (χ1v) is 6.55. The van der Waals surface area contributed by atoms with Gasteiger partial charge in [0.25, 0.3) is 0 Å². The van der Waals surface area contributed by atoms with Crippen LogP contribution >= 0.6 is 23.2 Å². The van der Waals surface area contributed by atoms with Crippen LogP contribution in [0.1, 0.15) is 18.4 Å². The zero-order chi connectivity index (χ0) is 11.5. The molecule has 0 bridgehead atoms. The average Bonchev–Trinajstić information content (AvgIpc) is 2.24. The number of hydrogen-bond donors (Lipinski definition) is 1. The Morgan fingerprint density at radius 1 is 1.19 bits per heavy atom. The second kappa shape index (κ2) is 5.39. The van der Waals surface area contributed by atoms with Crippen LogP contribution in [0, 0.1) is 11.8 Å². The van der Waals surface area contributed by atoms with E-state index in [1.165, 1.54) is 12.8 Å². The summed E-state index contributed by atoms with van der Waals surface area (Å²) in [6.07, 6.45) is 3.65. The summed E-state index contributed by atoms with van der Waals surface area (Å²) in [6.45, 7) is 1.10. The van der Waals surface area contributed by atoms with Crippen LogP contribution in [0.2, 0.25) is 10.0 Å². The van der Waals surface area contributed by atoms with Gasteiger partial charge in [-0.15, -0.1) is 0 Å². The molecule has 2 rings (SSSR count). The Labute approximate surface area is 107 Å². The van der Waals surface area contributed by atoms with Crippen LogP contribution in [-0.2, 0) is 6.42 Å². The lowest BCUT2D eigenvalue weighted by atomic mass is 9.70. The Balaban J connectivity index is 2.04. The van der Waals surface area contributed by atoms with Crippen molar-refractivity contribution in [3.63, 3.8) is 0 Å². The Morgan fingerprint density at radius 2 is 1.81 bits per heavy atom. The predicted molar refractivity (Wildman–Crippen MR) is 70.3 cm³/mol. The van der Waals surface area contributed by atoms with Crippen molar-refractivity contribution in [3.8, 4) is 0 Å². The summed E-state index contributed by atoms with van der Waals surface area (Å²) in [5, 5.41) is 4.86. The standard InChI is InChI=1S/C13H17Cl2N/c1-16-8-10-6-5-9(10)7-11-12(14)3-2-4-13(11)15/h2-4,9-10,16H,5-8H2,1H3. The van der Waals surface area contributed by atoms with Gasteiger partial charge < -0.3 is 5.32 Å². The van der Waals surface area contributed by atoms with Gasteiger partial charge in [-0.05, 0) is 62.4 Å². The van der Waals surface area contributed by atoms with Gasteiger partial charge >= 0.3 is 0 Å². The van der Waals surface area contributed by atoms with E-state index >= 15 is 0 Å². The lowest BCUT2D eigenvalue weighted by molar-refractivity contribution is 0.174. The first-order chi connectivity index (χ1) is 7.72. The van der Waals surface area contributed by atoms with Crippen LogP contribution in [0.5, 0.6) is 0 Å². The van der Waals surface area contributed by atoms with E-state index < -0.39 is 0 Å². The van der Waals surface area contributed by atoms with Gasteiger partial charge in [0, 0.05) is 10.0 Å². The molecule has 1 aliphatic carbocycles. The summed E-state index contributed by atoms with van der Waals surface area (Å²) >= 11 is 12.4. The number of nitrogens with one attached hydrogen (secondary N) is 1. The zero-order valence-electron chi connectivity index (χ0n) is 9.47. The number of rotatable bonds is 4. The minimum absolute atomic E-state index is 0.741. The maximum Gasteiger partial charge on any atom is 0.0452 e. The molecule has 0 spiro atoms. The van der Waals surface area contributed by atoms with Crippen molar-refractivity contribution in [1.29, 1.82) is 0 Å². The zero-order valence-corrected chi connectivity index (χ0v) is 11.0. The minimum Gasteiger partial charge on any atom is -0.319 e. The first-order valence-electron chi connectivity index (χ1n) is 5.80. The maximum atomic E-state index is 6.18. The van der Waals surface area contributed by atoms with E-state index in [0.29, 0.717) is 0 Å². The van der Waals surface area contributed by atoms with E-state index in [-0.39, 0.29) is 0 Å². The molecule has 1 aromatic carbocycles. The third-order valence-corrected chi connectivity index (χ3v) is 4.28. The van der Waals surface area contributed by atoms with E-state index in [1.54, 1.807) is 0 Å². The highest BCUT2D eigenvalue weighted by molar-refractivity contribution is 6.35. The molecule has 1 N–H and O–H groups in total. The highest BCUT2D eigenvalue weighted by Crippen LogP contribution is 2.39. The summed E-state index contributed by atoms with van der Waals surface area (Å²) in [7, 11) is 2.01. The molecule has 0 aromatic heterocycles. The van der Waals surface area contributed by atoms with Gasteiger partial charge in [0.15, 0.2) is 0 Å². The minimum atomic E-state index is 0.741. The van der Waals surface area contributed by atoms with E-state index in [2.05, 4.69) is 5.32 Å². The SMILES string of the molecule is CNCC1CCC1Cc1c(Cl)cccc1Cl. The van der Waals surface area contributed by atoms with Crippen molar-refractivity contribution in [2.75, 3.05) is 13.6 Å². The molecule has 2 atom stereocenters. The fourth-order valence-corrected chi connectivity index (χ4v) is 2.98. The number of hydrogen-bond acceptors (Lipinski definition) is 1. The normalized spacial score (nSPS) is 24.2. The van der Waals surface area contributed by atoms with Crippen LogP contribution in [0.3, 0.4) is 0 Å². The van der Waals surface area contributed by atoms with E-state index in [9.17, 15) is 0 Å². The van der Waals surface area contributed by atoms with Gasteiger partial charge in [-0.25, -0.2) is 0 Å². The Bertz CT molecular complexity index is 345. The molecule has 1 aliphatic rings.